The molecule has 2 fully saturated rings. The third-order valence-corrected chi connectivity index (χ3v) is 14.3. The van der Waals surface area contributed by atoms with Crippen LogP contribution in [0.3, 0.4) is 0 Å². The van der Waals surface area contributed by atoms with Crippen LogP contribution in [0.2, 0.25) is 20.4 Å². The van der Waals surface area contributed by atoms with E-state index in [4.69, 9.17) is 55.9 Å². The Balaban J connectivity index is 0.000000225. The van der Waals surface area contributed by atoms with Gasteiger partial charge in [0.2, 0.25) is 0 Å². The van der Waals surface area contributed by atoms with Crippen LogP contribution < -0.4 is 41.6 Å². The van der Waals surface area contributed by atoms with E-state index in [9.17, 15) is 14.4 Å². The number of nitrogens with one attached hydrogen (secondary N) is 1. The molecule has 6 heterocycles. The van der Waals surface area contributed by atoms with Crippen LogP contribution in [-0.4, -0.2) is 116 Å². The van der Waals surface area contributed by atoms with Crippen LogP contribution in [0.15, 0.2) is 134 Å². The van der Waals surface area contributed by atoms with Gasteiger partial charge < -0.3 is 48.2 Å². The quantitative estimate of drug-likeness (QED) is 0.0694. The minimum atomic E-state index is -0.0943. The topological polar surface area (TPSA) is 117 Å². The summed E-state index contributed by atoms with van der Waals surface area (Å²) in [6.45, 7) is 13.1. The van der Waals surface area contributed by atoms with E-state index in [0.717, 1.165) is 93.1 Å². The van der Waals surface area contributed by atoms with Gasteiger partial charge in [0.1, 0.15) is 28.1 Å². The summed E-state index contributed by atoms with van der Waals surface area (Å²) in [6, 6.07) is 33.4. The number of benzene rings is 4. The van der Waals surface area contributed by atoms with Crippen LogP contribution in [0.25, 0.3) is 6.08 Å². The molecular formula is C56H55BrCl4MgN6O5. The number of amides is 2. The van der Waals surface area contributed by atoms with E-state index in [2.05, 4.69) is 57.6 Å². The number of aromatic nitrogens is 2. The van der Waals surface area contributed by atoms with Crippen molar-refractivity contribution in [1.82, 2.24) is 20.2 Å². The number of methoxy groups -OCH3 is 2. The molecule has 2 saturated heterocycles. The number of anilines is 2. The summed E-state index contributed by atoms with van der Waals surface area (Å²) >= 11 is 24.7. The predicted molar refractivity (Wildman–Crippen MR) is 292 cm³/mol. The van der Waals surface area contributed by atoms with Crippen molar-refractivity contribution in [3.05, 3.63) is 195 Å². The van der Waals surface area contributed by atoms with Gasteiger partial charge in [-0.2, -0.15) is 0 Å². The molecule has 10 rings (SSSR count). The molecule has 17 heteroatoms. The third-order valence-electron chi connectivity index (χ3n) is 13.4. The minimum absolute atomic E-state index is 0. The summed E-state index contributed by atoms with van der Waals surface area (Å²) in [6.07, 6.45) is 12.2. The number of aldehydes is 1. The second-order valence-corrected chi connectivity index (χ2v) is 19.2. The fourth-order valence-electron chi connectivity index (χ4n) is 9.69. The van der Waals surface area contributed by atoms with Gasteiger partial charge in [-0.25, -0.2) is 9.97 Å². The van der Waals surface area contributed by atoms with Crippen molar-refractivity contribution in [1.29, 1.82) is 0 Å². The van der Waals surface area contributed by atoms with Gasteiger partial charge in [0.25, 0.3) is 11.8 Å². The van der Waals surface area contributed by atoms with Gasteiger partial charge in [-0.05, 0) is 166 Å². The van der Waals surface area contributed by atoms with E-state index in [1.54, 1.807) is 75.1 Å². The Morgan fingerprint density at radius 1 is 0.658 bits per heavy atom. The molecule has 4 aliphatic rings. The molecule has 11 nitrogen and oxygen atoms in total. The van der Waals surface area contributed by atoms with Crippen molar-refractivity contribution >= 4 is 105 Å². The summed E-state index contributed by atoms with van der Waals surface area (Å²) in [5.74, 6) is 1.53. The zero-order valence-corrected chi connectivity index (χ0v) is 46.7. The van der Waals surface area contributed by atoms with E-state index < -0.39 is 0 Å². The Hall–Kier alpha value is -4.80. The van der Waals surface area contributed by atoms with Crippen molar-refractivity contribution in [2.45, 2.75) is 36.5 Å². The molecule has 2 aromatic heterocycles. The summed E-state index contributed by atoms with van der Waals surface area (Å²) in [5, 5.41) is 5.46. The number of halogens is 5. The number of hydrogen-bond acceptors (Lipinski definition) is 9. The van der Waals surface area contributed by atoms with Gasteiger partial charge in [0, 0.05) is 81.0 Å². The molecule has 0 saturated carbocycles. The van der Waals surface area contributed by atoms with Gasteiger partial charge in [-0.3, -0.25) is 25.9 Å². The van der Waals surface area contributed by atoms with Gasteiger partial charge >= 0.3 is 23.1 Å². The molecule has 4 aliphatic heterocycles. The average molecular weight is 1140 g/mol. The molecule has 4 aromatic carbocycles. The molecule has 0 bridgehead atoms. The Morgan fingerprint density at radius 3 is 1.52 bits per heavy atom. The van der Waals surface area contributed by atoms with E-state index in [1.807, 2.05) is 58.3 Å². The predicted octanol–water partition coefficient (Wildman–Crippen LogP) is 8.51. The van der Waals surface area contributed by atoms with Crippen molar-refractivity contribution in [2.75, 3.05) is 69.8 Å². The van der Waals surface area contributed by atoms with Crippen LogP contribution in [-0.2, 0) is 10.8 Å². The zero-order valence-electron chi connectivity index (χ0n) is 40.7. The van der Waals surface area contributed by atoms with Crippen molar-refractivity contribution in [3.8, 4) is 11.5 Å². The molecule has 1 N–H and O–H groups in total. The monoisotopic (exact) mass is 1130 g/mol. The molecule has 6 aromatic rings. The Morgan fingerprint density at radius 2 is 1.10 bits per heavy atom. The molecule has 73 heavy (non-hydrogen) atoms. The summed E-state index contributed by atoms with van der Waals surface area (Å²) in [5.41, 5.74) is 7.08. The van der Waals surface area contributed by atoms with Crippen LogP contribution >= 0.6 is 46.4 Å². The molecule has 2 spiro atoms. The number of fused-ring (bicyclic) bond motifs is 4. The molecule has 0 unspecified atom stereocenters. The SMILES string of the molecule is COc1ccc(/C=C/CN2CCC3(CC2)CN(C(=O)c2ccnc(Cl)c2)c2ccc(Cl)cc23)cc1.COc1ccc(C=O)cc1.O=C(c1ccnc(Cl)c1)N1CC2(CCNCC2)c2cc(Cl)ccc21.[Br-].[CH-]=C.[Mg+2]. The summed E-state index contributed by atoms with van der Waals surface area (Å²) in [7, 11) is 3.27. The number of nitrogens with zero attached hydrogens (tertiary/aromatic N) is 5. The molecule has 0 aliphatic carbocycles. The van der Waals surface area contributed by atoms with Crippen LogP contribution in [0.1, 0.15) is 73.4 Å². The molecule has 376 valence electrons. The number of piperidine rings is 2. The van der Waals surface area contributed by atoms with Crippen molar-refractivity contribution in [2.24, 2.45) is 0 Å². The average Bonchev–Trinajstić information content (AvgIpc) is 3.88. The Labute approximate surface area is 474 Å². The van der Waals surface area contributed by atoms with Crippen molar-refractivity contribution in [3.63, 3.8) is 0 Å². The normalized spacial score (nSPS) is 15.6. The first-order valence-corrected chi connectivity index (χ1v) is 24.6. The fraction of sp³-hybridized carbons (Fsp3) is 0.268. The van der Waals surface area contributed by atoms with Crippen LogP contribution in [0, 0.1) is 6.58 Å². The molecule has 2 amide bonds. The standard InChI is InChI=1S/C28H27Cl2N3O2.C18H17Cl2N3O.C8H8O2.C2H3.BrH.Mg/c1-35-23-7-4-20(5-8-23)3-2-14-32-15-11-28(12-16-32)19-33(25-9-6-22(29)18-24(25)28)27(34)21-10-13-31-26(30)17-21;19-13-1-2-15-14(10-13)18(4-7-21-8-5-18)11-23(15)17(24)12-3-6-22-16(20)9-12;1-10-8-4-2-7(6-9)3-5-8;1-2;;/h2-10,13,17-18H,11-12,14-16,19H2,1H3;1-3,6,9-10,21H,4-5,7-8,11H2;2-6H,1H3;1H,2H2;1H;/q;;;-1;;+2/p-1/b3-2+;;;;;. The minimum Gasteiger partial charge on any atom is -1.00 e. The van der Waals surface area contributed by atoms with E-state index in [1.165, 1.54) is 11.1 Å². The second-order valence-electron chi connectivity index (χ2n) is 17.5. The number of carbonyl (C=O) groups is 3. The Kier molecular flexibility index (Phi) is 22.4. The van der Waals surface area contributed by atoms with Crippen LogP contribution in [0.4, 0.5) is 11.4 Å². The Bertz CT molecular complexity index is 2850. The number of likely N-dealkylation sites (tertiary alicyclic amines) is 1. The van der Waals surface area contributed by atoms with Crippen molar-refractivity contribution < 1.29 is 40.8 Å². The van der Waals surface area contributed by atoms with Gasteiger partial charge in [-0.1, -0.05) is 70.7 Å². The van der Waals surface area contributed by atoms with E-state index >= 15 is 0 Å². The maximum Gasteiger partial charge on any atom is 2.00 e. The summed E-state index contributed by atoms with van der Waals surface area (Å²) in [4.78, 5) is 50.8. The largest absolute Gasteiger partial charge is 2.00 e. The van der Waals surface area contributed by atoms with Gasteiger partial charge in [0.05, 0.1) is 14.2 Å². The number of pyridine rings is 2. The summed E-state index contributed by atoms with van der Waals surface area (Å²) < 4.78 is 10.1. The first kappa shape index (κ1) is 59.1. The molecular weight excluding hydrogens is 1080 g/mol. The smallest absolute Gasteiger partial charge is 1.00 e. The molecule has 0 radical (unpaired) electrons. The number of hydrogen-bond donors (Lipinski definition) is 1. The van der Waals surface area contributed by atoms with Gasteiger partial charge in [0.15, 0.2) is 0 Å². The zero-order chi connectivity index (χ0) is 50.5. The van der Waals surface area contributed by atoms with E-state index in [0.29, 0.717) is 50.1 Å². The van der Waals surface area contributed by atoms with Gasteiger partial charge in [-0.15, -0.1) is 0 Å². The second kappa shape index (κ2) is 27.6. The first-order valence-electron chi connectivity index (χ1n) is 23.1. The first-order chi connectivity index (χ1) is 34.4. The number of ether oxygens (including phenoxy) is 2. The fourth-order valence-corrected chi connectivity index (χ4v) is 10.4. The number of carbonyl (C=O) groups excluding carboxylic acids is 3. The maximum absolute atomic E-state index is 13.4. The van der Waals surface area contributed by atoms with Crippen LogP contribution in [0.5, 0.6) is 11.5 Å². The maximum atomic E-state index is 13.4. The number of rotatable bonds is 8. The third kappa shape index (κ3) is 14.3. The van der Waals surface area contributed by atoms with E-state index in [-0.39, 0.29) is 62.7 Å². The molecule has 0 atom stereocenters.